The average Bonchev–Trinajstić information content (AvgIpc) is 3.05. The van der Waals surface area contributed by atoms with Crippen molar-refractivity contribution >= 4 is 33.3 Å². The van der Waals surface area contributed by atoms with Crippen LogP contribution in [0.3, 0.4) is 0 Å². The average molecular weight is 639 g/mol. The number of benzene rings is 4. The molecule has 2 N–H and O–H groups in total. The molecule has 2 heterocycles. The van der Waals surface area contributed by atoms with Gasteiger partial charge in [0.15, 0.2) is 11.5 Å². The Bertz CT molecular complexity index is 2240. The molecule has 0 saturated carbocycles. The Morgan fingerprint density at radius 1 is 0.723 bits per heavy atom. The van der Waals surface area contributed by atoms with E-state index in [-0.39, 0.29) is 62.5 Å². The van der Waals surface area contributed by atoms with Crippen molar-refractivity contribution < 1.29 is 38.4 Å². The van der Waals surface area contributed by atoms with Gasteiger partial charge in [0.2, 0.25) is 5.75 Å². The van der Waals surface area contributed by atoms with Crippen molar-refractivity contribution in [2.45, 2.75) is 12.8 Å². The maximum atomic E-state index is 13.5. The van der Waals surface area contributed by atoms with Crippen LogP contribution in [0.1, 0.15) is 29.5 Å². The second-order valence-electron chi connectivity index (χ2n) is 10.1. The summed E-state index contributed by atoms with van der Waals surface area (Å²) in [6, 6.07) is 19.4. The number of non-ortho nitro benzene ring substituents is 1. The summed E-state index contributed by atoms with van der Waals surface area (Å²) in [6.07, 6.45) is 0. The molecule has 4 aromatic carbocycles. The van der Waals surface area contributed by atoms with Gasteiger partial charge < -0.3 is 28.5 Å². The standard InChI is InChI=1S/C33H22N2O12/c1-2-44-26-15-17(11-13-25(26)45-24-14-12-18(34(40)41)16-21(24)35(42)43)27(28-30(36)19-7-3-5-9-22(19)46-32(28)38)29-31(37)20-8-4-6-10-23(20)47-33(29)39/h3-16,27,36-37H,2H2,1H3. The molecule has 47 heavy (non-hydrogen) atoms. The lowest BCUT2D eigenvalue weighted by Crippen LogP contribution is -2.21. The molecule has 0 bridgehead atoms. The van der Waals surface area contributed by atoms with E-state index in [1.165, 1.54) is 42.5 Å². The minimum Gasteiger partial charge on any atom is -0.507 e. The van der Waals surface area contributed by atoms with Crippen molar-refractivity contribution in [3.63, 3.8) is 0 Å². The zero-order valence-corrected chi connectivity index (χ0v) is 24.2. The van der Waals surface area contributed by atoms with Gasteiger partial charge in [-0.2, -0.15) is 0 Å². The summed E-state index contributed by atoms with van der Waals surface area (Å²) in [5.41, 5.74) is -3.68. The van der Waals surface area contributed by atoms with Gasteiger partial charge in [-0.25, -0.2) is 9.59 Å². The fourth-order valence-corrected chi connectivity index (χ4v) is 5.31. The number of fused-ring (bicyclic) bond motifs is 2. The van der Waals surface area contributed by atoms with Crippen LogP contribution in [0.2, 0.25) is 0 Å². The van der Waals surface area contributed by atoms with Gasteiger partial charge in [0.25, 0.3) is 5.69 Å². The quantitative estimate of drug-likeness (QED) is 0.0989. The predicted octanol–water partition coefficient (Wildman–Crippen LogP) is 6.50. The lowest BCUT2D eigenvalue weighted by Gasteiger charge is -2.21. The molecule has 6 rings (SSSR count). The predicted molar refractivity (Wildman–Crippen MR) is 167 cm³/mol. The maximum Gasteiger partial charge on any atom is 0.344 e. The largest absolute Gasteiger partial charge is 0.507 e. The van der Waals surface area contributed by atoms with Crippen LogP contribution in [0, 0.1) is 20.2 Å². The first-order valence-corrected chi connectivity index (χ1v) is 14.0. The van der Waals surface area contributed by atoms with Crippen molar-refractivity contribution in [1.82, 2.24) is 0 Å². The second kappa shape index (κ2) is 12.0. The number of hydrogen-bond acceptors (Lipinski definition) is 12. The molecular formula is C33H22N2O12. The number of ether oxygens (including phenoxy) is 2. The number of rotatable bonds is 9. The van der Waals surface area contributed by atoms with Crippen molar-refractivity contribution in [3.8, 4) is 28.7 Å². The number of nitrogens with zero attached hydrogens (tertiary/aromatic N) is 2. The molecule has 0 spiro atoms. The Labute approximate surface area is 262 Å². The molecule has 236 valence electrons. The van der Waals surface area contributed by atoms with E-state index in [0.717, 1.165) is 18.2 Å². The van der Waals surface area contributed by atoms with Gasteiger partial charge >= 0.3 is 16.9 Å². The molecule has 0 fully saturated rings. The summed E-state index contributed by atoms with van der Waals surface area (Å²) < 4.78 is 22.6. The molecule has 0 saturated heterocycles. The van der Waals surface area contributed by atoms with E-state index in [4.69, 9.17) is 18.3 Å². The maximum absolute atomic E-state index is 13.5. The van der Waals surface area contributed by atoms with E-state index >= 15 is 0 Å². The van der Waals surface area contributed by atoms with Gasteiger partial charge in [-0.3, -0.25) is 20.2 Å². The summed E-state index contributed by atoms with van der Waals surface area (Å²) >= 11 is 0. The molecule has 0 aliphatic heterocycles. The summed E-state index contributed by atoms with van der Waals surface area (Å²) in [6.45, 7) is 1.72. The Balaban J connectivity index is 1.59. The minimum atomic E-state index is -1.49. The third-order valence-corrected chi connectivity index (χ3v) is 7.39. The first kappa shape index (κ1) is 30.3. The van der Waals surface area contributed by atoms with Crippen LogP contribution >= 0.6 is 0 Å². The highest BCUT2D eigenvalue weighted by atomic mass is 16.6. The van der Waals surface area contributed by atoms with Crippen LogP contribution in [0.15, 0.2) is 103 Å². The van der Waals surface area contributed by atoms with Crippen LogP contribution in [0.4, 0.5) is 11.4 Å². The molecule has 0 radical (unpaired) electrons. The number of nitro benzene ring substituents is 2. The summed E-state index contributed by atoms with van der Waals surface area (Å²) in [5, 5.41) is 46.1. The van der Waals surface area contributed by atoms with Gasteiger partial charge in [0.1, 0.15) is 22.7 Å². The van der Waals surface area contributed by atoms with Gasteiger partial charge in [-0.15, -0.1) is 0 Å². The summed E-state index contributed by atoms with van der Waals surface area (Å²) in [4.78, 5) is 48.3. The van der Waals surface area contributed by atoms with E-state index in [2.05, 4.69) is 0 Å². The molecule has 2 aromatic heterocycles. The fourth-order valence-electron chi connectivity index (χ4n) is 5.31. The van der Waals surface area contributed by atoms with Crippen LogP contribution in [0.25, 0.3) is 21.9 Å². The van der Waals surface area contributed by atoms with Gasteiger partial charge in [0, 0.05) is 6.07 Å². The summed E-state index contributed by atoms with van der Waals surface area (Å²) in [5.74, 6) is -2.90. The van der Waals surface area contributed by atoms with Gasteiger partial charge in [-0.1, -0.05) is 30.3 Å². The van der Waals surface area contributed by atoms with E-state index < -0.39 is 49.9 Å². The first-order chi connectivity index (χ1) is 22.6. The lowest BCUT2D eigenvalue weighted by atomic mass is 9.84. The second-order valence-corrected chi connectivity index (χ2v) is 10.1. The molecular weight excluding hydrogens is 616 g/mol. The van der Waals surface area contributed by atoms with E-state index in [0.29, 0.717) is 0 Å². The smallest absolute Gasteiger partial charge is 0.344 e. The van der Waals surface area contributed by atoms with E-state index in [9.17, 15) is 40.0 Å². The molecule has 0 atom stereocenters. The number of aromatic hydroxyl groups is 2. The highest BCUT2D eigenvalue weighted by Crippen LogP contribution is 2.45. The molecule has 0 amide bonds. The Hall–Kier alpha value is -6.70. The fraction of sp³-hybridized carbons (Fsp3) is 0.0909. The number of para-hydroxylation sites is 2. The zero-order chi connectivity index (χ0) is 33.4. The Morgan fingerprint density at radius 2 is 1.28 bits per heavy atom. The van der Waals surface area contributed by atoms with E-state index in [1.54, 1.807) is 31.2 Å². The zero-order valence-electron chi connectivity index (χ0n) is 24.2. The van der Waals surface area contributed by atoms with Crippen LogP contribution in [0.5, 0.6) is 28.7 Å². The molecule has 6 aromatic rings. The third-order valence-electron chi connectivity index (χ3n) is 7.39. The third kappa shape index (κ3) is 5.44. The molecule has 0 unspecified atom stereocenters. The van der Waals surface area contributed by atoms with Crippen molar-refractivity contribution in [3.05, 3.63) is 143 Å². The highest BCUT2D eigenvalue weighted by Gasteiger charge is 2.33. The van der Waals surface area contributed by atoms with Crippen LogP contribution < -0.4 is 20.7 Å². The number of nitro groups is 2. The normalized spacial score (nSPS) is 11.2. The van der Waals surface area contributed by atoms with Crippen molar-refractivity contribution in [2.24, 2.45) is 0 Å². The Morgan fingerprint density at radius 3 is 1.81 bits per heavy atom. The lowest BCUT2D eigenvalue weighted by molar-refractivity contribution is -0.394. The van der Waals surface area contributed by atoms with Crippen LogP contribution in [-0.2, 0) is 0 Å². The topological polar surface area (TPSA) is 206 Å². The minimum absolute atomic E-state index is 0.0167. The monoisotopic (exact) mass is 638 g/mol. The molecule has 14 heteroatoms. The van der Waals surface area contributed by atoms with Crippen LogP contribution in [-0.4, -0.2) is 26.7 Å². The van der Waals surface area contributed by atoms with Crippen molar-refractivity contribution in [2.75, 3.05) is 6.61 Å². The molecule has 0 aliphatic rings. The summed E-state index contributed by atoms with van der Waals surface area (Å²) in [7, 11) is 0. The van der Waals surface area contributed by atoms with Gasteiger partial charge in [-0.05, 0) is 55.0 Å². The van der Waals surface area contributed by atoms with E-state index in [1.807, 2.05) is 0 Å². The number of hydrogen-bond donors (Lipinski definition) is 2. The van der Waals surface area contributed by atoms with Gasteiger partial charge in [0.05, 0.1) is 50.3 Å². The molecule has 0 aliphatic carbocycles. The Kier molecular flexibility index (Phi) is 7.75. The highest BCUT2D eigenvalue weighted by molar-refractivity contribution is 5.87. The van der Waals surface area contributed by atoms with Crippen molar-refractivity contribution in [1.29, 1.82) is 0 Å². The first-order valence-electron chi connectivity index (χ1n) is 14.0. The molecule has 14 nitrogen and oxygen atoms in total. The SMILES string of the molecule is CCOc1cc(C(c2c(O)c3ccccc3oc2=O)c2c(O)c3ccccc3oc2=O)ccc1Oc1ccc([N+](=O)[O-])cc1[N+](=O)[O-].